The summed E-state index contributed by atoms with van der Waals surface area (Å²) in [5.41, 5.74) is 2.59. The molecule has 0 aromatic carbocycles. The SMILES string of the molecule is COc1cnc(Br)cc1-c1cc(C)ncc1C(=O)Nc1nnc(OC2CCC(C)CC2)s1. The largest absolute Gasteiger partial charge is 0.494 e. The van der Waals surface area contributed by atoms with Crippen molar-refractivity contribution < 1.29 is 14.3 Å². The molecule has 1 amide bonds. The third kappa shape index (κ3) is 5.24. The average molecular weight is 518 g/mol. The molecule has 1 aliphatic carbocycles. The summed E-state index contributed by atoms with van der Waals surface area (Å²) in [4.78, 5) is 21.6. The van der Waals surface area contributed by atoms with Crippen molar-refractivity contribution in [1.29, 1.82) is 0 Å². The van der Waals surface area contributed by atoms with E-state index in [2.05, 4.69) is 48.3 Å². The Labute approximate surface area is 198 Å². The molecule has 0 saturated heterocycles. The molecule has 1 saturated carbocycles. The number of aromatic nitrogens is 4. The van der Waals surface area contributed by atoms with Gasteiger partial charge in [-0.2, -0.15) is 0 Å². The molecular formula is C22H24BrN5O3S. The van der Waals surface area contributed by atoms with E-state index in [1.54, 1.807) is 19.5 Å². The van der Waals surface area contributed by atoms with Crippen molar-refractivity contribution in [2.45, 2.75) is 45.6 Å². The number of pyridine rings is 2. The minimum atomic E-state index is -0.336. The van der Waals surface area contributed by atoms with Crippen LogP contribution >= 0.6 is 27.3 Å². The molecule has 0 aliphatic heterocycles. The predicted molar refractivity (Wildman–Crippen MR) is 126 cm³/mol. The molecule has 8 nitrogen and oxygen atoms in total. The number of aryl methyl sites for hydroxylation is 1. The monoisotopic (exact) mass is 517 g/mol. The number of anilines is 1. The highest BCUT2D eigenvalue weighted by atomic mass is 79.9. The van der Waals surface area contributed by atoms with E-state index < -0.39 is 0 Å². The van der Waals surface area contributed by atoms with E-state index in [0.717, 1.165) is 42.9 Å². The third-order valence-electron chi connectivity index (χ3n) is 5.49. The molecule has 0 radical (unpaired) electrons. The number of amides is 1. The zero-order valence-electron chi connectivity index (χ0n) is 18.1. The summed E-state index contributed by atoms with van der Waals surface area (Å²) in [6.07, 6.45) is 7.67. The molecule has 3 aromatic heterocycles. The Morgan fingerprint density at radius 2 is 1.91 bits per heavy atom. The highest BCUT2D eigenvalue weighted by molar-refractivity contribution is 9.10. The highest BCUT2D eigenvalue weighted by Gasteiger charge is 2.22. The van der Waals surface area contributed by atoms with Crippen molar-refractivity contribution in [2.75, 3.05) is 12.4 Å². The molecule has 4 rings (SSSR count). The van der Waals surface area contributed by atoms with E-state index in [9.17, 15) is 4.79 Å². The fraction of sp³-hybridized carbons (Fsp3) is 0.409. The van der Waals surface area contributed by atoms with Crippen LogP contribution in [0.5, 0.6) is 10.9 Å². The molecule has 3 aromatic rings. The van der Waals surface area contributed by atoms with Gasteiger partial charge in [-0.05, 0) is 77.9 Å². The van der Waals surface area contributed by atoms with Crippen LogP contribution in [0.15, 0.2) is 29.1 Å². The summed E-state index contributed by atoms with van der Waals surface area (Å²) in [6.45, 7) is 4.14. The number of methoxy groups -OCH3 is 1. The molecule has 168 valence electrons. The van der Waals surface area contributed by atoms with Gasteiger partial charge >= 0.3 is 0 Å². The first-order valence-electron chi connectivity index (χ1n) is 10.4. The fourth-order valence-electron chi connectivity index (χ4n) is 3.72. The lowest BCUT2D eigenvalue weighted by molar-refractivity contribution is 0.102. The quantitative estimate of drug-likeness (QED) is 0.443. The maximum atomic E-state index is 13.1. The molecular weight excluding hydrogens is 494 g/mol. The van der Waals surface area contributed by atoms with Crippen molar-refractivity contribution in [2.24, 2.45) is 5.92 Å². The molecule has 32 heavy (non-hydrogen) atoms. The molecule has 1 N–H and O–H groups in total. The van der Waals surface area contributed by atoms with E-state index in [1.807, 2.05) is 19.1 Å². The van der Waals surface area contributed by atoms with Gasteiger partial charge in [0.1, 0.15) is 16.5 Å². The summed E-state index contributed by atoms with van der Waals surface area (Å²) < 4.78 is 12.1. The second-order valence-electron chi connectivity index (χ2n) is 7.91. The lowest BCUT2D eigenvalue weighted by atomic mass is 9.89. The number of ether oxygens (including phenoxy) is 2. The average Bonchev–Trinajstić information content (AvgIpc) is 3.21. The predicted octanol–water partition coefficient (Wildman–Crippen LogP) is 5.28. The van der Waals surface area contributed by atoms with Crippen LogP contribution < -0.4 is 14.8 Å². The number of carbonyl (C=O) groups is 1. The van der Waals surface area contributed by atoms with Crippen LogP contribution in [0.2, 0.25) is 0 Å². The number of hydrogen-bond acceptors (Lipinski definition) is 8. The Hall–Kier alpha value is -2.59. The number of nitrogens with one attached hydrogen (secondary N) is 1. The number of carbonyl (C=O) groups excluding carboxylic acids is 1. The van der Waals surface area contributed by atoms with Gasteiger partial charge in [0.15, 0.2) is 0 Å². The summed E-state index contributed by atoms with van der Waals surface area (Å²) >= 11 is 4.62. The second kappa shape index (κ2) is 9.91. The van der Waals surface area contributed by atoms with Crippen molar-refractivity contribution in [3.05, 3.63) is 40.4 Å². The summed E-state index contributed by atoms with van der Waals surface area (Å²) in [5.74, 6) is 0.967. The Bertz CT molecular complexity index is 1110. The maximum Gasteiger partial charge on any atom is 0.296 e. The van der Waals surface area contributed by atoms with Crippen LogP contribution in [-0.4, -0.2) is 39.3 Å². The first-order valence-corrected chi connectivity index (χ1v) is 12.0. The topological polar surface area (TPSA) is 99.1 Å². The molecule has 1 fully saturated rings. The lowest BCUT2D eigenvalue weighted by Gasteiger charge is -2.25. The minimum absolute atomic E-state index is 0.160. The van der Waals surface area contributed by atoms with Gasteiger partial charge in [-0.1, -0.05) is 12.0 Å². The normalized spacial score (nSPS) is 18.2. The number of rotatable bonds is 6. The lowest BCUT2D eigenvalue weighted by Crippen LogP contribution is -2.22. The van der Waals surface area contributed by atoms with Crippen LogP contribution in [0.25, 0.3) is 11.1 Å². The fourth-order valence-corrected chi connectivity index (χ4v) is 4.70. The third-order valence-corrected chi connectivity index (χ3v) is 6.65. The van der Waals surface area contributed by atoms with Crippen LogP contribution in [0.3, 0.4) is 0 Å². The smallest absolute Gasteiger partial charge is 0.296 e. The zero-order chi connectivity index (χ0) is 22.7. The Balaban J connectivity index is 1.54. The zero-order valence-corrected chi connectivity index (χ0v) is 20.5. The summed E-state index contributed by atoms with van der Waals surface area (Å²) in [6, 6.07) is 3.66. The van der Waals surface area contributed by atoms with Gasteiger partial charge in [-0.3, -0.25) is 15.1 Å². The van der Waals surface area contributed by atoms with Gasteiger partial charge in [0.2, 0.25) is 5.13 Å². The molecule has 0 atom stereocenters. The molecule has 0 spiro atoms. The molecule has 1 aliphatic rings. The van der Waals surface area contributed by atoms with E-state index in [-0.39, 0.29) is 12.0 Å². The van der Waals surface area contributed by atoms with Crippen LogP contribution in [-0.2, 0) is 0 Å². The summed E-state index contributed by atoms with van der Waals surface area (Å²) in [5, 5.41) is 11.8. The molecule has 0 unspecified atom stereocenters. The minimum Gasteiger partial charge on any atom is -0.494 e. The number of nitrogens with zero attached hydrogens (tertiary/aromatic N) is 4. The van der Waals surface area contributed by atoms with E-state index in [0.29, 0.717) is 31.8 Å². The second-order valence-corrected chi connectivity index (χ2v) is 9.66. The van der Waals surface area contributed by atoms with Crippen LogP contribution in [0, 0.1) is 12.8 Å². The van der Waals surface area contributed by atoms with Crippen molar-refractivity contribution in [3.8, 4) is 22.1 Å². The van der Waals surface area contributed by atoms with Gasteiger partial charge in [0.05, 0.1) is 18.9 Å². The van der Waals surface area contributed by atoms with Gasteiger partial charge in [-0.25, -0.2) is 4.98 Å². The van der Waals surface area contributed by atoms with E-state index >= 15 is 0 Å². The Morgan fingerprint density at radius 3 is 2.66 bits per heavy atom. The standard InChI is InChI=1S/C22H24BrN5O3S/c1-12-4-6-14(7-5-12)31-22-28-27-21(32-22)26-20(29)17-10-24-13(2)8-15(17)16-9-19(23)25-11-18(16)30-3/h8-12,14H,4-7H2,1-3H3,(H,26,27,29). The number of halogens is 1. The molecule has 3 heterocycles. The van der Waals surface area contributed by atoms with E-state index in [4.69, 9.17) is 9.47 Å². The molecule has 10 heteroatoms. The van der Waals surface area contributed by atoms with Crippen molar-refractivity contribution in [3.63, 3.8) is 0 Å². The Morgan fingerprint density at radius 1 is 1.12 bits per heavy atom. The van der Waals surface area contributed by atoms with Crippen molar-refractivity contribution in [1.82, 2.24) is 20.2 Å². The first-order chi connectivity index (χ1) is 15.4. The van der Waals surface area contributed by atoms with Crippen LogP contribution in [0.4, 0.5) is 5.13 Å². The Kier molecular flexibility index (Phi) is 7.00. The summed E-state index contributed by atoms with van der Waals surface area (Å²) in [7, 11) is 1.57. The first kappa shape index (κ1) is 22.6. The van der Waals surface area contributed by atoms with Crippen molar-refractivity contribution >= 4 is 38.3 Å². The maximum absolute atomic E-state index is 13.1. The highest BCUT2D eigenvalue weighted by Crippen LogP contribution is 2.35. The van der Waals surface area contributed by atoms with E-state index in [1.165, 1.54) is 11.3 Å². The van der Waals surface area contributed by atoms with Gasteiger partial charge in [-0.15, -0.1) is 5.10 Å². The molecule has 0 bridgehead atoms. The van der Waals surface area contributed by atoms with Gasteiger partial charge < -0.3 is 9.47 Å². The van der Waals surface area contributed by atoms with Gasteiger partial charge in [0, 0.05) is 23.0 Å². The van der Waals surface area contributed by atoms with Crippen LogP contribution in [0.1, 0.15) is 48.7 Å². The van der Waals surface area contributed by atoms with Gasteiger partial charge in [0.25, 0.3) is 11.1 Å². The number of hydrogen-bond donors (Lipinski definition) is 1.